The van der Waals surface area contributed by atoms with Crippen LogP contribution >= 0.6 is 0 Å². The fraction of sp³-hybridized carbons (Fsp3) is 0.688. The number of nitrogens with two attached hydrogens (primary N) is 1. The average Bonchev–Trinajstić information content (AvgIpc) is 2.47. The van der Waals surface area contributed by atoms with Gasteiger partial charge in [-0.3, -0.25) is 0 Å². The lowest BCUT2D eigenvalue weighted by Gasteiger charge is -2.28. The van der Waals surface area contributed by atoms with E-state index in [-0.39, 0.29) is 0 Å². The molecule has 0 spiro atoms. The molecule has 1 aromatic rings. The second-order valence-electron chi connectivity index (χ2n) is 6.05. The van der Waals surface area contributed by atoms with Crippen LogP contribution in [-0.4, -0.2) is 31.8 Å². The molecule has 2 heterocycles. The molecule has 0 atom stereocenters. The zero-order chi connectivity index (χ0) is 14.5. The Hall–Kier alpha value is -1.13. The summed E-state index contributed by atoms with van der Waals surface area (Å²) in [7, 11) is 2.13. The third-order valence-electron chi connectivity index (χ3n) is 3.98. The maximum Gasteiger partial charge on any atom is 0.128 e. The van der Waals surface area contributed by atoms with Gasteiger partial charge in [-0.15, -0.1) is 0 Å². The number of rotatable bonds is 5. The summed E-state index contributed by atoms with van der Waals surface area (Å²) in [6, 6.07) is 4.24. The van der Waals surface area contributed by atoms with Crippen LogP contribution in [0.5, 0.6) is 0 Å². The molecule has 0 saturated carbocycles. The number of hydrogen-bond donors (Lipinski definition) is 1. The van der Waals surface area contributed by atoms with E-state index in [1.807, 2.05) is 0 Å². The first-order chi connectivity index (χ1) is 9.60. The lowest BCUT2D eigenvalue weighted by molar-refractivity contribution is 0.0685. The Kier molecular flexibility index (Phi) is 5.38. The Balaban J connectivity index is 2.11. The normalized spacial score (nSPS) is 16.6. The van der Waals surface area contributed by atoms with E-state index >= 15 is 0 Å². The van der Waals surface area contributed by atoms with Crippen molar-refractivity contribution >= 4 is 5.82 Å². The smallest absolute Gasteiger partial charge is 0.128 e. The van der Waals surface area contributed by atoms with Crippen LogP contribution < -0.4 is 10.6 Å². The van der Waals surface area contributed by atoms with Crippen LogP contribution in [0, 0.1) is 5.92 Å². The number of hydrogen-bond acceptors (Lipinski definition) is 4. The molecule has 0 amide bonds. The van der Waals surface area contributed by atoms with Crippen molar-refractivity contribution in [1.29, 1.82) is 0 Å². The van der Waals surface area contributed by atoms with Crippen LogP contribution in [-0.2, 0) is 11.3 Å². The molecule has 0 unspecified atom stereocenters. The van der Waals surface area contributed by atoms with Gasteiger partial charge in [0.25, 0.3) is 0 Å². The minimum Gasteiger partial charge on any atom is -0.381 e. The molecular formula is C16H27N3O. The topological polar surface area (TPSA) is 51.4 Å². The van der Waals surface area contributed by atoms with Gasteiger partial charge in [0.15, 0.2) is 0 Å². The predicted octanol–water partition coefficient (Wildman–Crippen LogP) is 2.53. The van der Waals surface area contributed by atoms with E-state index in [2.05, 4.69) is 37.9 Å². The second-order valence-corrected chi connectivity index (χ2v) is 6.05. The van der Waals surface area contributed by atoms with Gasteiger partial charge in [-0.25, -0.2) is 4.98 Å². The molecule has 1 fully saturated rings. The van der Waals surface area contributed by atoms with Crippen molar-refractivity contribution in [2.45, 2.75) is 39.2 Å². The first-order valence-electron chi connectivity index (χ1n) is 7.60. The molecule has 1 saturated heterocycles. The highest BCUT2D eigenvalue weighted by atomic mass is 16.5. The van der Waals surface area contributed by atoms with Crippen LogP contribution in [0.2, 0.25) is 0 Å². The van der Waals surface area contributed by atoms with E-state index in [1.165, 1.54) is 0 Å². The van der Waals surface area contributed by atoms with Crippen LogP contribution in [0.15, 0.2) is 12.1 Å². The van der Waals surface area contributed by atoms with Crippen molar-refractivity contribution in [3.05, 3.63) is 23.4 Å². The van der Waals surface area contributed by atoms with Gasteiger partial charge in [0.2, 0.25) is 0 Å². The molecular weight excluding hydrogens is 250 g/mol. The minimum absolute atomic E-state index is 0.428. The van der Waals surface area contributed by atoms with Gasteiger partial charge in [-0.1, -0.05) is 13.8 Å². The van der Waals surface area contributed by atoms with Crippen molar-refractivity contribution in [2.75, 3.05) is 31.7 Å². The van der Waals surface area contributed by atoms with Gasteiger partial charge in [-0.05, 0) is 42.4 Å². The van der Waals surface area contributed by atoms with Crippen molar-refractivity contribution in [3.63, 3.8) is 0 Å². The molecule has 0 bridgehead atoms. The second kappa shape index (κ2) is 7.04. The van der Waals surface area contributed by atoms with Crippen LogP contribution in [0.4, 0.5) is 5.82 Å². The Labute approximate surface area is 122 Å². The van der Waals surface area contributed by atoms with Crippen molar-refractivity contribution in [2.24, 2.45) is 11.7 Å². The molecule has 4 nitrogen and oxygen atoms in total. The third-order valence-corrected chi connectivity index (χ3v) is 3.98. The fourth-order valence-corrected chi connectivity index (χ4v) is 2.61. The summed E-state index contributed by atoms with van der Waals surface area (Å²) in [5.41, 5.74) is 8.10. The fourth-order valence-electron chi connectivity index (χ4n) is 2.61. The van der Waals surface area contributed by atoms with Gasteiger partial charge in [0.1, 0.15) is 5.82 Å². The SMILES string of the molecule is CC(C)c1cc(CN)cc(N(C)CC2CCOCC2)n1. The summed E-state index contributed by atoms with van der Waals surface area (Å²) in [6.45, 7) is 7.75. The van der Waals surface area contributed by atoms with E-state index in [0.29, 0.717) is 18.4 Å². The maximum atomic E-state index is 5.81. The average molecular weight is 277 g/mol. The monoisotopic (exact) mass is 277 g/mol. The third kappa shape index (κ3) is 3.93. The number of pyridine rings is 1. The van der Waals surface area contributed by atoms with E-state index in [0.717, 1.165) is 49.7 Å². The number of nitrogens with zero attached hydrogens (tertiary/aromatic N) is 2. The predicted molar refractivity (Wildman–Crippen MR) is 83.0 cm³/mol. The Morgan fingerprint density at radius 2 is 2.05 bits per heavy atom. The molecule has 112 valence electrons. The number of aromatic nitrogens is 1. The summed E-state index contributed by atoms with van der Waals surface area (Å²) >= 11 is 0. The summed E-state index contributed by atoms with van der Waals surface area (Å²) in [5.74, 6) is 2.18. The standard InChI is InChI=1S/C16H27N3O/c1-12(2)15-8-14(10-17)9-16(18-15)19(3)11-13-4-6-20-7-5-13/h8-9,12-13H,4-7,10-11,17H2,1-3H3. The molecule has 0 aromatic carbocycles. The van der Waals surface area contributed by atoms with E-state index in [4.69, 9.17) is 15.5 Å². The Morgan fingerprint density at radius 3 is 2.65 bits per heavy atom. The van der Waals surface area contributed by atoms with E-state index in [9.17, 15) is 0 Å². The van der Waals surface area contributed by atoms with Gasteiger partial charge >= 0.3 is 0 Å². The summed E-state index contributed by atoms with van der Waals surface area (Å²) in [6.07, 6.45) is 2.30. The van der Waals surface area contributed by atoms with E-state index < -0.39 is 0 Å². The molecule has 0 aliphatic carbocycles. The summed E-state index contributed by atoms with van der Waals surface area (Å²) < 4.78 is 5.42. The highest BCUT2D eigenvalue weighted by molar-refractivity contribution is 5.42. The molecule has 1 aliphatic rings. The van der Waals surface area contributed by atoms with Crippen LogP contribution in [0.1, 0.15) is 43.9 Å². The zero-order valence-corrected chi connectivity index (χ0v) is 12.9. The molecule has 1 aliphatic heterocycles. The maximum absolute atomic E-state index is 5.81. The molecule has 1 aromatic heterocycles. The first kappa shape index (κ1) is 15.3. The van der Waals surface area contributed by atoms with Crippen molar-refractivity contribution in [1.82, 2.24) is 4.98 Å². The molecule has 2 rings (SSSR count). The Morgan fingerprint density at radius 1 is 1.35 bits per heavy atom. The number of anilines is 1. The van der Waals surface area contributed by atoms with Gasteiger partial charge in [-0.2, -0.15) is 0 Å². The van der Waals surface area contributed by atoms with Gasteiger partial charge < -0.3 is 15.4 Å². The highest BCUT2D eigenvalue weighted by Crippen LogP contribution is 2.22. The van der Waals surface area contributed by atoms with Crippen LogP contribution in [0.25, 0.3) is 0 Å². The van der Waals surface area contributed by atoms with Gasteiger partial charge in [0.05, 0.1) is 0 Å². The zero-order valence-electron chi connectivity index (χ0n) is 12.9. The lowest BCUT2D eigenvalue weighted by atomic mass is 10.00. The quantitative estimate of drug-likeness (QED) is 0.898. The highest BCUT2D eigenvalue weighted by Gasteiger charge is 2.17. The Bertz CT molecular complexity index is 428. The minimum atomic E-state index is 0.428. The van der Waals surface area contributed by atoms with Crippen molar-refractivity contribution < 1.29 is 4.74 Å². The molecule has 20 heavy (non-hydrogen) atoms. The molecule has 4 heteroatoms. The largest absolute Gasteiger partial charge is 0.381 e. The van der Waals surface area contributed by atoms with E-state index in [1.54, 1.807) is 0 Å². The molecule has 0 radical (unpaired) electrons. The van der Waals surface area contributed by atoms with Crippen LogP contribution in [0.3, 0.4) is 0 Å². The summed E-state index contributed by atoms with van der Waals surface area (Å²) in [5, 5.41) is 0. The van der Waals surface area contributed by atoms with Gasteiger partial charge in [0, 0.05) is 39.0 Å². The number of ether oxygens (including phenoxy) is 1. The molecule has 2 N–H and O–H groups in total. The lowest BCUT2D eigenvalue weighted by Crippen LogP contribution is -2.30. The first-order valence-corrected chi connectivity index (χ1v) is 7.60. The summed E-state index contributed by atoms with van der Waals surface area (Å²) in [4.78, 5) is 7.05. The van der Waals surface area contributed by atoms with Crippen molar-refractivity contribution in [3.8, 4) is 0 Å².